The minimum atomic E-state index is 0.226. The van der Waals surface area contributed by atoms with Crippen LogP contribution in [0.4, 0.5) is 0 Å². The van der Waals surface area contributed by atoms with Crippen LogP contribution in [-0.4, -0.2) is 12.1 Å². The van der Waals surface area contributed by atoms with E-state index in [0.717, 1.165) is 24.1 Å². The summed E-state index contributed by atoms with van der Waals surface area (Å²) in [6.07, 6.45) is 5.68. The summed E-state index contributed by atoms with van der Waals surface area (Å²) < 4.78 is 5.92. The first-order valence-electron chi connectivity index (χ1n) is 8.56. The van der Waals surface area contributed by atoms with Gasteiger partial charge in [-0.15, -0.1) is 0 Å². The molecular weight excluding hydrogens is 258 g/mol. The first-order valence-corrected chi connectivity index (χ1v) is 8.56. The predicted octanol–water partition coefficient (Wildman–Crippen LogP) is 4.78. The number of benzene rings is 1. The van der Waals surface area contributed by atoms with E-state index in [0.29, 0.717) is 6.04 Å². The summed E-state index contributed by atoms with van der Waals surface area (Å²) in [6, 6.07) is 9.07. The monoisotopic (exact) mass is 289 g/mol. The van der Waals surface area contributed by atoms with Crippen molar-refractivity contribution in [1.82, 2.24) is 5.32 Å². The summed E-state index contributed by atoms with van der Waals surface area (Å²) in [6.45, 7) is 9.80. The largest absolute Gasteiger partial charge is 0.491 e. The zero-order valence-corrected chi connectivity index (χ0v) is 14.1. The molecule has 2 nitrogen and oxygen atoms in total. The molecule has 0 saturated heterocycles. The predicted molar refractivity (Wildman–Crippen MR) is 89.6 cm³/mol. The first kappa shape index (κ1) is 16.4. The molecule has 1 aromatic carbocycles. The number of hydrogen-bond acceptors (Lipinski definition) is 2. The summed E-state index contributed by atoms with van der Waals surface area (Å²) in [5.41, 5.74) is 1.28. The van der Waals surface area contributed by atoms with E-state index in [1.165, 1.54) is 31.2 Å². The highest BCUT2D eigenvalue weighted by Gasteiger charge is 2.27. The lowest BCUT2D eigenvalue weighted by molar-refractivity contribution is 0.202. The SMILES string of the molecule is CC(C)Oc1ccccc1CNC1CCCCC1C(C)C. The van der Waals surface area contributed by atoms with Crippen molar-refractivity contribution in [3.8, 4) is 5.75 Å². The fourth-order valence-electron chi connectivity index (χ4n) is 3.47. The summed E-state index contributed by atoms with van der Waals surface area (Å²) in [5, 5.41) is 3.80. The average Bonchev–Trinajstić information content (AvgIpc) is 2.46. The van der Waals surface area contributed by atoms with Crippen molar-refractivity contribution in [3.63, 3.8) is 0 Å². The summed E-state index contributed by atoms with van der Waals surface area (Å²) in [4.78, 5) is 0. The van der Waals surface area contributed by atoms with Crippen LogP contribution < -0.4 is 10.1 Å². The van der Waals surface area contributed by atoms with Gasteiger partial charge in [0.2, 0.25) is 0 Å². The number of para-hydroxylation sites is 1. The van der Waals surface area contributed by atoms with Gasteiger partial charge in [-0.1, -0.05) is 44.9 Å². The highest BCUT2D eigenvalue weighted by atomic mass is 16.5. The molecule has 1 aliphatic carbocycles. The minimum absolute atomic E-state index is 0.226. The maximum Gasteiger partial charge on any atom is 0.124 e. The van der Waals surface area contributed by atoms with Gasteiger partial charge >= 0.3 is 0 Å². The van der Waals surface area contributed by atoms with Crippen molar-refractivity contribution in [2.75, 3.05) is 0 Å². The summed E-state index contributed by atoms with van der Waals surface area (Å²) >= 11 is 0. The van der Waals surface area contributed by atoms with Crippen molar-refractivity contribution in [1.29, 1.82) is 0 Å². The van der Waals surface area contributed by atoms with Crippen LogP contribution in [0.1, 0.15) is 58.9 Å². The Labute approximate surface area is 130 Å². The molecule has 2 unspecified atom stereocenters. The Morgan fingerprint density at radius 3 is 2.52 bits per heavy atom. The molecule has 1 aliphatic rings. The van der Waals surface area contributed by atoms with Gasteiger partial charge in [0.15, 0.2) is 0 Å². The van der Waals surface area contributed by atoms with Gasteiger partial charge < -0.3 is 10.1 Å². The average molecular weight is 289 g/mol. The normalized spacial score (nSPS) is 22.8. The third kappa shape index (κ3) is 4.74. The summed E-state index contributed by atoms with van der Waals surface area (Å²) in [5.74, 6) is 2.61. The van der Waals surface area contributed by atoms with E-state index in [2.05, 4.69) is 57.3 Å². The van der Waals surface area contributed by atoms with Gasteiger partial charge in [0.25, 0.3) is 0 Å². The molecule has 1 fully saturated rings. The Hall–Kier alpha value is -1.02. The highest BCUT2D eigenvalue weighted by molar-refractivity contribution is 5.33. The molecule has 0 bridgehead atoms. The van der Waals surface area contributed by atoms with Crippen molar-refractivity contribution in [2.24, 2.45) is 11.8 Å². The van der Waals surface area contributed by atoms with Crippen LogP contribution in [0.3, 0.4) is 0 Å². The van der Waals surface area contributed by atoms with Gasteiger partial charge in [0.05, 0.1) is 6.10 Å². The molecule has 1 saturated carbocycles. The molecular formula is C19H31NO. The Balaban J connectivity index is 1.98. The zero-order chi connectivity index (χ0) is 15.2. The van der Waals surface area contributed by atoms with E-state index in [-0.39, 0.29) is 6.10 Å². The molecule has 0 radical (unpaired) electrons. The van der Waals surface area contributed by atoms with Crippen LogP contribution in [0.5, 0.6) is 5.75 Å². The molecule has 2 rings (SSSR count). The van der Waals surface area contributed by atoms with Gasteiger partial charge in [-0.2, -0.15) is 0 Å². The molecule has 21 heavy (non-hydrogen) atoms. The summed E-state index contributed by atoms with van der Waals surface area (Å²) in [7, 11) is 0. The minimum Gasteiger partial charge on any atom is -0.491 e. The van der Waals surface area contributed by atoms with E-state index in [1.807, 2.05) is 0 Å². The Kier molecular flexibility index (Phi) is 6.10. The van der Waals surface area contributed by atoms with Crippen LogP contribution in [0.2, 0.25) is 0 Å². The lowest BCUT2D eigenvalue weighted by Gasteiger charge is -2.35. The topological polar surface area (TPSA) is 21.3 Å². The fourth-order valence-corrected chi connectivity index (χ4v) is 3.47. The highest BCUT2D eigenvalue weighted by Crippen LogP contribution is 2.30. The van der Waals surface area contributed by atoms with Crippen molar-refractivity contribution < 1.29 is 4.74 Å². The van der Waals surface area contributed by atoms with Gasteiger partial charge in [-0.05, 0) is 44.6 Å². The Bertz CT molecular complexity index is 427. The molecule has 2 heteroatoms. The second-order valence-corrected chi connectivity index (χ2v) is 6.95. The van der Waals surface area contributed by atoms with Crippen LogP contribution in [0.15, 0.2) is 24.3 Å². The molecule has 1 aromatic rings. The number of hydrogen-bond donors (Lipinski definition) is 1. The van der Waals surface area contributed by atoms with Crippen molar-refractivity contribution >= 4 is 0 Å². The number of ether oxygens (including phenoxy) is 1. The molecule has 118 valence electrons. The quantitative estimate of drug-likeness (QED) is 0.814. The van der Waals surface area contributed by atoms with E-state index in [4.69, 9.17) is 4.74 Å². The third-order valence-electron chi connectivity index (χ3n) is 4.57. The van der Waals surface area contributed by atoms with Crippen LogP contribution >= 0.6 is 0 Å². The second kappa shape index (κ2) is 7.84. The van der Waals surface area contributed by atoms with E-state index in [1.54, 1.807) is 0 Å². The lowest BCUT2D eigenvalue weighted by atomic mass is 9.78. The van der Waals surface area contributed by atoms with E-state index in [9.17, 15) is 0 Å². The van der Waals surface area contributed by atoms with Crippen LogP contribution in [0.25, 0.3) is 0 Å². The standard InChI is InChI=1S/C19H31NO/c1-14(2)17-10-6-7-11-18(17)20-13-16-9-5-8-12-19(16)21-15(3)4/h5,8-9,12,14-15,17-18,20H,6-7,10-11,13H2,1-4H3. The van der Waals surface area contributed by atoms with Crippen molar-refractivity contribution in [3.05, 3.63) is 29.8 Å². The van der Waals surface area contributed by atoms with Gasteiger partial charge in [0, 0.05) is 18.2 Å². The van der Waals surface area contributed by atoms with Gasteiger partial charge in [-0.25, -0.2) is 0 Å². The van der Waals surface area contributed by atoms with Crippen LogP contribution in [0, 0.1) is 11.8 Å². The first-order chi connectivity index (χ1) is 10.1. The Morgan fingerprint density at radius 1 is 1.10 bits per heavy atom. The molecule has 0 heterocycles. The number of nitrogens with one attached hydrogen (secondary N) is 1. The molecule has 0 aliphatic heterocycles. The number of rotatable bonds is 6. The lowest BCUT2D eigenvalue weighted by Crippen LogP contribution is -2.40. The van der Waals surface area contributed by atoms with Gasteiger partial charge in [0.1, 0.15) is 5.75 Å². The fraction of sp³-hybridized carbons (Fsp3) is 0.684. The molecule has 0 aromatic heterocycles. The second-order valence-electron chi connectivity index (χ2n) is 6.95. The smallest absolute Gasteiger partial charge is 0.124 e. The maximum atomic E-state index is 5.92. The molecule has 0 amide bonds. The van der Waals surface area contributed by atoms with E-state index >= 15 is 0 Å². The van der Waals surface area contributed by atoms with E-state index < -0.39 is 0 Å². The maximum absolute atomic E-state index is 5.92. The molecule has 2 atom stereocenters. The van der Waals surface area contributed by atoms with Gasteiger partial charge in [-0.3, -0.25) is 0 Å². The van der Waals surface area contributed by atoms with Crippen LogP contribution in [-0.2, 0) is 6.54 Å². The third-order valence-corrected chi connectivity index (χ3v) is 4.57. The molecule has 1 N–H and O–H groups in total. The van der Waals surface area contributed by atoms with Crippen molar-refractivity contribution in [2.45, 2.75) is 72.1 Å². The zero-order valence-electron chi connectivity index (χ0n) is 14.1. The molecule has 0 spiro atoms. The Morgan fingerprint density at radius 2 is 1.81 bits per heavy atom.